The van der Waals surface area contributed by atoms with Gasteiger partial charge < -0.3 is 4.90 Å². The highest BCUT2D eigenvalue weighted by atomic mass is 35.5. The van der Waals surface area contributed by atoms with Gasteiger partial charge in [0.25, 0.3) is 5.95 Å². The summed E-state index contributed by atoms with van der Waals surface area (Å²) >= 11 is 6.10. The Kier molecular flexibility index (Phi) is 5.42. The van der Waals surface area contributed by atoms with Gasteiger partial charge in [0.15, 0.2) is 0 Å². The van der Waals surface area contributed by atoms with Gasteiger partial charge in [-0.2, -0.15) is 4.68 Å². The number of hydrogen-bond acceptors (Lipinski definition) is 5. The van der Waals surface area contributed by atoms with Gasteiger partial charge in [0.05, 0.1) is 5.70 Å². The molecular weight excluding hydrogens is 412 g/mol. The summed E-state index contributed by atoms with van der Waals surface area (Å²) in [5, 5.41) is 13.2. The largest absolute Gasteiger partial charge is 0.341 e. The molecule has 0 spiro atoms. The molecule has 1 atom stereocenters. The number of carbonyl (C=O) groups excluding carboxylic acids is 1. The SMILES string of the molecule is O=C(CN1C(c2ccccc2)=C[C@H](c2ccc(Cl)cc2)n2nnnc21)N1CCCCC1. The molecule has 0 unspecified atom stereocenters. The molecule has 8 heteroatoms. The molecule has 158 valence electrons. The van der Waals surface area contributed by atoms with E-state index in [2.05, 4.69) is 21.6 Å². The lowest BCUT2D eigenvalue weighted by Crippen LogP contribution is -2.44. The van der Waals surface area contributed by atoms with Gasteiger partial charge in [-0.15, -0.1) is 0 Å². The highest BCUT2D eigenvalue weighted by Crippen LogP contribution is 2.36. The standard InChI is InChI=1S/C23H23ClN6O/c24-19-11-9-18(10-12-19)21-15-20(17-7-3-1-4-8-17)29(23-25-26-27-30(21)23)16-22(31)28-13-5-2-6-14-28/h1,3-4,7-12,15,21H,2,5-6,13-14,16H2/t21-/m1/s1. The topological polar surface area (TPSA) is 67.2 Å². The van der Waals surface area contributed by atoms with Gasteiger partial charge in [-0.1, -0.05) is 59.2 Å². The quantitative estimate of drug-likeness (QED) is 0.625. The Hall–Kier alpha value is -3.19. The summed E-state index contributed by atoms with van der Waals surface area (Å²) in [7, 11) is 0. The van der Waals surface area contributed by atoms with Crippen molar-refractivity contribution in [2.24, 2.45) is 0 Å². The van der Waals surface area contributed by atoms with E-state index in [0.29, 0.717) is 11.0 Å². The molecule has 0 radical (unpaired) electrons. The summed E-state index contributed by atoms with van der Waals surface area (Å²) in [4.78, 5) is 17.0. The molecule has 0 N–H and O–H groups in total. The van der Waals surface area contributed by atoms with E-state index < -0.39 is 0 Å². The van der Waals surface area contributed by atoms with E-state index in [0.717, 1.165) is 42.8 Å². The minimum absolute atomic E-state index is 0.0982. The number of fused-ring (bicyclic) bond motifs is 1. The molecule has 1 fully saturated rings. The number of amides is 1. The number of likely N-dealkylation sites (tertiary alicyclic amines) is 1. The number of anilines is 1. The summed E-state index contributed by atoms with van der Waals surface area (Å²) in [6, 6.07) is 17.6. The highest BCUT2D eigenvalue weighted by Gasteiger charge is 2.33. The monoisotopic (exact) mass is 434 g/mol. The molecule has 3 heterocycles. The zero-order chi connectivity index (χ0) is 21.2. The van der Waals surface area contributed by atoms with Crippen LogP contribution in [-0.4, -0.2) is 50.6 Å². The van der Waals surface area contributed by atoms with E-state index in [1.165, 1.54) is 6.42 Å². The number of tetrazole rings is 1. The lowest BCUT2D eigenvalue weighted by Gasteiger charge is -2.35. The normalized spacial score (nSPS) is 18.5. The molecule has 0 bridgehead atoms. The Morgan fingerprint density at radius 3 is 2.48 bits per heavy atom. The third-order valence-electron chi connectivity index (χ3n) is 5.87. The predicted molar refractivity (Wildman–Crippen MR) is 120 cm³/mol. The number of aromatic nitrogens is 4. The highest BCUT2D eigenvalue weighted by molar-refractivity contribution is 6.30. The number of halogens is 1. The van der Waals surface area contributed by atoms with Gasteiger partial charge in [-0.3, -0.25) is 9.69 Å². The molecule has 0 aliphatic carbocycles. The van der Waals surface area contributed by atoms with Crippen LogP contribution in [0.1, 0.15) is 36.4 Å². The van der Waals surface area contributed by atoms with Crippen molar-refractivity contribution in [3.05, 3.63) is 76.8 Å². The fraction of sp³-hybridized carbons (Fsp3) is 0.304. The van der Waals surface area contributed by atoms with Crippen LogP contribution in [0.3, 0.4) is 0 Å². The first-order chi connectivity index (χ1) is 15.2. The molecule has 7 nitrogen and oxygen atoms in total. The molecule has 3 aromatic rings. The van der Waals surface area contributed by atoms with E-state index >= 15 is 0 Å². The minimum atomic E-state index is -0.196. The number of hydrogen-bond donors (Lipinski definition) is 0. The summed E-state index contributed by atoms with van der Waals surface area (Å²) in [5.74, 6) is 0.660. The molecule has 2 aliphatic rings. The minimum Gasteiger partial charge on any atom is -0.341 e. The second-order valence-electron chi connectivity index (χ2n) is 7.87. The van der Waals surface area contributed by atoms with Crippen LogP contribution in [-0.2, 0) is 4.79 Å². The first-order valence-electron chi connectivity index (χ1n) is 10.6. The van der Waals surface area contributed by atoms with Gasteiger partial charge in [-0.25, -0.2) is 0 Å². The van der Waals surface area contributed by atoms with Crippen LogP contribution in [0, 0.1) is 0 Å². The number of piperidine rings is 1. The number of allylic oxidation sites excluding steroid dienone is 1. The van der Waals surface area contributed by atoms with Gasteiger partial charge >= 0.3 is 0 Å². The van der Waals surface area contributed by atoms with Crippen molar-refractivity contribution in [2.75, 3.05) is 24.5 Å². The van der Waals surface area contributed by atoms with E-state index in [1.807, 2.05) is 64.4 Å². The van der Waals surface area contributed by atoms with E-state index in [9.17, 15) is 4.79 Å². The van der Waals surface area contributed by atoms with Crippen LogP contribution in [0.5, 0.6) is 0 Å². The first-order valence-corrected chi connectivity index (χ1v) is 10.9. The second kappa shape index (κ2) is 8.51. The van der Waals surface area contributed by atoms with Crippen LogP contribution in [0.15, 0.2) is 60.7 Å². The van der Waals surface area contributed by atoms with Gasteiger partial charge in [-0.05, 0) is 59.0 Å². The lowest BCUT2D eigenvalue weighted by atomic mass is 10.0. The Bertz CT molecular complexity index is 1090. The van der Waals surface area contributed by atoms with E-state index in [4.69, 9.17) is 11.6 Å². The third kappa shape index (κ3) is 3.93. The van der Waals surface area contributed by atoms with Crippen molar-refractivity contribution >= 4 is 29.2 Å². The van der Waals surface area contributed by atoms with Crippen LogP contribution >= 0.6 is 11.6 Å². The number of nitrogens with zero attached hydrogens (tertiary/aromatic N) is 6. The van der Waals surface area contributed by atoms with Gasteiger partial charge in [0.1, 0.15) is 12.6 Å². The molecule has 2 aliphatic heterocycles. The van der Waals surface area contributed by atoms with E-state index in [1.54, 1.807) is 4.68 Å². The maximum atomic E-state index is 13.1. The van der Waals surface area contributed by atoms with Crippen molar-refractivity contribution in [3.63, 3.8) is 0 Å². The van der Waals surface area contributed by atoms with Crippen molar-refractivity contribution in [2.45, 2.75) is 25.3 Å². The average Bonchev–Trinajstić information content (AvgIpc) is 3.31. The zero-order valence-electron chi connectivity index (χ0n) is 17.1. The van der Waals surface area contributed by atoms with Crippen LogP contribution in [0.4, 0.5) is 5.95 Å². The lowest BCUT2D eigenvalue weighted by molar-refractivity contribution is -0.130. The van der Waals surface area contributed by atoms with Crippen molar-refractivity contribution in [3.8, 4) is 0 Å². The van der Waals surface area contributed by atoms with Crippen LogP contribution in [0.2, 0.25) is 5.02 Å². The van der Waals surface area contributed by atoms with Crippen molar-refractivity contribution in [1.82, 2.24) is 25.1 Å². The molecule has 5 rings (SSSR count). The molecule has 0 saturated carbocycles. The van der Waals surface area contributed by atoms with Crippen molar-refractivity contribution in [1.29, 1.82) is 0 Å². The molecule has 1 aromatic heterocycles. The third-order valence-corrected chi connectivity index (χ3v) is 6.12. The molecule has 31 heavy (non-hydrogen) atoms. The second-order valence-corrected chi connectivity index (χ2v) is 8.30. The zero-order valence-corrected chi connectivity index (χ0v) is 17.8. The Balaban J connectivity index is 1.55. The fourth-order valence-corrected chi connectivity index (χ4v) is 4.38. The summed E-state index contributed by atoms with van der Waals surface area (Å²) in [5.41, 5.74) is 2.96. The fourth-order valence-electron chi connectivity index (χ4n) is 4.26. The number of rotatable bonds is 4. The predicted octanol–water partition coefficient (Wildman–Crippen LogP) is 3.79. The first kappa shape index (κ1) is 19.8. The van der Waals surface area contributed by atoms with Crippen LogP contribution < -0.4 is 4.90 Å². The Morgan fingerprint density at radius 1 is 1.00 bits per heavy atom. The van der Waals surface area contributed by atoms with Crippen LogP contribution in [0.25, 0.3) is 5.70 Å². The Morgan fingerprint density at radius 2 is 1.74 bits per heavy atom. The van der Waals surface area contributed by atoms with Gasteiger partial charge in [0, 0.05) is 18.1 Å². The summed E-state index contributed by atoms with van der Waals surface area (Å²) in [6.07, 6.45) is 5.42. The summed E-state index contributed by atoms with van der Waals surface area (Å²) < 4.78 is 1.76. The molecule has 1 saturated heterocycles. The molecule has 1 amide bonds. The number of carbonyl (C=O) groups is 1. The Labute approximate surface area is 185 Å². The molecule has 2 aromatic carbocycles. The van der Waals surface area contributed by atoms with Crippen molar-refractivity contribution < 1.29 is 4.79 Å². The molecular formula is C23H23ClN6O. The maximum Gasteiger partial charge on any atom is 0.251 e. The van der Waals surface area contributed by atoms with E-state index in [-0.39, 0.29) is 18.5 Å². The number of benzene rings is 2. The average molecular weight is 435 g/mol. The summed E-state index contributed by atoms with van der Waals surface area (Å²) in [6.45, 7) is 1.83. The van der Waals surface area contributed by atoms with Gasteiger partial charge in [0.2, 0.25) is 5.91 Å². The maximum absolute atomic E-state index is 13.1. The smallest absolute Gasteiger partial charge is 0.251 e.